The predicted molar refractivity (Wildman–Crippen MR) is 85.3 cm³/mol. The lowest BCUT2D eigenvalue weighted by Crippen LogP contribution is -2.47. The molecule has 0 aromatic carbocycles. The molecule has 0 spiro atoms. The third-order valence-corrected chi connectivity index (χ3v) is 4.49. The van der Waals surface area contributed by atoms with E-state index < -0.39 is 5.60 Å². The van der Waals surface area contributed by atoms with Gasteiger partial charge in [0.1, 0.15) is 5.60 Å². The number of hydrogen-bond donors (Lipinski definition) is 2. The summed E-state index contributed by atoms with van der Waals surface area (Å²) in [5, 5.41) is 6.71. The summed E-state index contributed by atoms with van der Waals surface area (Å²) < 4.78 is 5.37. The summed E-state index contributed by atoms with van der Waals surface area (Å²) in [4.78, 5) is 11.9. The molecule has 2 N–H and O–H groups in total. The van der Waals surface area contributed by atoms with Gasteiger partial charge in [0, 0.05) is 18.6 Å². The van der Waals surface area contributed by atoms with Crippen molar-refractivity contribution in [1.82, 2.24) is 10.6 Å². The monoisotopic (exact) mass is 296 g/mol. The summed E-state index contributed by atoms with van der Waals surface area (Å²) in [7, 11) is 0. The molecule has 0 aliphatic heterocycles. The van der Waals surface area contributed by atoms with Crippen LogP contribution in [-0.2, 0) is 4.74 Å². The average Bonchev–Trinajstić information content (AvgIpc) is 3.07. The van der Waals surface area contributed by atoms with Gasteiger partial charge in [-0.15, -0.1) is 0 Å². The quantitative estimate of drug-likeness (QED) is 0.817. The fraction of sp³-hybridized carbons (Fsp3) is 0.941. The third-order valence-electron chi connectivity index (χ3n) is 4.49. The molecule has 2 rings (SSSR count). The minimum atomic E-state index is -0.429. The second-order valence-electron chi connectivity index (χ2n) is 8.60. The average molecular weight is 296 g/mol. The normalized spacial score (nSPS) is 26.4. The van der Waals surface area contributed by atoms with Gasteiger partial charge in [0.05, 0.1) is 0 Å². The van der Waals surface area contributed by atoms with Gasteiger partial charge in [0.2, 0.25) is 0 Å². The molecule has 2 atom stereocenters. The van der Waals surface area contributed by atoms with Crippen LogP contribution < -0.4 is 10.6 Å². The molecule has 21 heavy (non-hydrogen) atoms. The first-order chi connectivity index (χ1) is 9.65. The van der Waals surface area contributed by atoms with Crippen LogP contribution in [0.25, 0.3) is 0 Å². The molecule has 122 valence electrons. The van der Waals surface area contributed by atoms with Gasteiger partial charge in [-0.2, -0.15) is 0 Å². The molecule has 0 aromatic rings. The van der Waals surface area contributed by atoms with Crippen molar-refractivity contribution in [2.75, 3.05) is 6.54 Å². The molecule has 1 amide bonds. The van der Waals surface area contributed by atoms with Crippen molar-refractivity contribution in [3.63, 3.8) is 0 Å². The van der Waals surface area contributed by atoms with Crippen molar-refractivity contribution >= 4 is 6.09 Å². The van der Waals surface area contributed by atoms with Gasteiger partial charge in [-0.1, -0.05) is 13.8 Å². The minimum absolute atomic E-state index is 0.212. The number of hydrogen-bond acceptors (Lipinski definition) is 3. The van der Waals surface area contributed by atoms with Gasteiger partial charge < -0.3 is 15.4 Å². The molecule has 0 heterocycles. The highest BCUT2D eigenvalue weighted by Crippen LogP contribution is 2.37. The first kappa shape index (κ1) is 16.6. The molecule has 4 heteroatoms. The molecular formula is C17H32N2O2. The molecule has 0 aromatic heterocycles. The van der Waals surface area contributed by atoms with Gasteiger partial charge in [-0.25, -0.2) is 4.79 Å². The molecular weight excluding hydrogens is 264 g/mol. The lowest BCUT2D eigenvalue weighted by atomic mass is 9.92. The fourth-order valence-corrected chi connectivity index (χ4v) is 3.20. The van der Waals surface area contributed by atoms with Crippen LogP contribution in [0.15, 0.2) is 0 Å². The van der Waals surface area contributed by atoms with Crippen molar-refractivity contribution in [3.05, 3.63) is 0 Å². The van der Waals surface area contributed by atoms with E-state index in [-0.39, 0.29) is 12.1 Å². The zero-order valence-corrected chi connectivity index (χ0v) is 14.3. The maximum atomic E-state index is 11.9. The first-order valence-electron chi connectivity index (χ1n) is 8.37. The van der Waals surface area contributed by atoms with Crippen LogP contribution in [0.5, 0.6) is 0 Å². The van der Waals surface area contributed by atoms with Crippen LogP contribution in [0.4, 0.5) is 4.79 Å². The van der Waals surface area contributed by atoms with E-state index in [2.05, 4.69) is 24.5 Å². The van der Waals surface area contributed by atoms with Crippen molar-refractivity contribution in [1.29, 1.82) is 0 Å². The lowest BCUT2D eigenvalue weighted by molar-refractivity contribution is 0.0496. The Morgan fingerprint density at radius 1 is 1.29 bits per heavy atom. The molecule has 0 radical (unpaired) electrons. The van der Waals surface area contributed by atoms with Crippen LogP contribution in [-0.4, -0.2) is 30.3 Å². The Balaban J connectivity index is 1.76. The Bertz CT molecular complexity index is 369. The van der Waals surface area contributed by atoms with Crippen LogP contribution in [0, 0.1) is 11.3 Å². The van der Waals surface area contributed by atoms with E-state index in [0.29, 0.717) is 17.4 Å². The fourth-order valence-electron chi connectivity index (χ4n) is 3.20. The van der Waals surface area contributed by atoms with E-state index in [0.717, 1.165) is 6.54 Å². The molecule has 2 aliphatic carbocycles. The van der Waals surface area contributed by atoms with Crippen molar-refractivity contribution < 1.29 is 9.53 Å². The summed E-state index contributed by atoms with van der Waals surface area (Å²) in [6, 6.07) is 0.810. The molecule has 2 unspecified atom stereocenters. The van der Waals surface area contributed by atoms with E-state index in [4.69, 9.17) is 4.74 Å². The smallest absolute Gasteiger partial charge is 0.407 e. The van der Waals surface area contributed by atoms with Crippen LogP contribution in [0.3, 0.4) is 0 Å². The number of carbonyl (C=O) groups is 1. The Hall–Kier alpha value is -0.770. The number of nitrogens with one attached hydrogen (secondary N) is 2. The molecule has 4 nitrogen and oxygen atoms in total. The first-order valence-corrected chi connectivity index (χ1v) is 8.37. The summed E-state index contributed by atoms with van der Waals surface area (Å²) in [6.07, 6.45) is 5.93. The SMILES string of the molecule is CC1(C)CCC(NCC(NC(=O)OC(C)(C)C)C2CC2)C1. The van der Waals surface area contributed by atoms with Gasteiger partial charge in [-0.05, 0) is 64.2 Å². The minimum Gasteiger partial charge on any atom is -0.444 e. The molecule has 2 saturated carbocycles. The van der Waals surface area contributed by atoms with Crippen LogP contribution >= 0.6 is 0 Å². The largest absolute Gasteiger partial charge is 0.444 e. The van der Waals surface area contributed by atoms with Gasteiger partial charge in [0.15, 0.2) is 0 Å². The zero-order chi connectivity index (χ0) is 15.7. The Morgan fingerprint density at radius 2 is 1.95 bits per heavy atom. The number of ether oxygens (including phenoxy) is 1. The molecule has 2 aliphatic rings. The summed E-state index contributed by atoms with van der Waals surface area (Å²) in [6.45, 7) is 11.2. The molecule has 0 saturated heterocycles. The topological polar surface area (TPSA) is 50.4 Å². The summed E-state index contributed by atoms with van der Waals surface area (Å²) in [5.74, 6) is 0.624. The van der Waals surface area contributed by atoms with Gasteiger partial charge >= 0.3 is 6.09 Å². The van der Waals surface area contributed by atoms with E-state index in [1.54, 1.807) is 0 Å². The maximum Gasteiger partial charge on any atom is 0.407 e. The van der Waals surface area contributed by atoms with Gasteiger partial charge in [-0.3, -0.25) is 0 Å². The second kappa shape index (κ2) is 6.15. The highest BCUT2D eigenvalue weighted by molar-refractivity contribution is 5.68. The van der Waals surface area contributed by atoms with E-state index >= 15 is 0 Å². The Kier molecular flexibility index (Phi) is 4.86. The zero-order valence-electron chi connectivity index (χ0n) is 14.3. The highest BCUT2D eigenvalue weighted by Gasteiger charge is 2.35. The predicted octanol–water partition coefficient (Wildman–Crippen LogP) is 3.46. The molecule has 2 fully saturated rings. The maximum absolute atomic E-state index is 11.9. The summed E-state index contributed by atoms with van der Waals surface area (Å²) >= 11 is 0. The summed E-state index contributed by atoms with van der Waals surface area (Å²) in [5.41, 5.74) is 0.0342. The van der Waals surface area contributed by atoms with Crippen LogP contribution in [0.2, 0.25) is 0 Å². The number of rotatable bonds is 5. The third kappa shape index (κ3) is 5.85. The number of amides is 1. The van der Waals surface area contributed by atoms with Crippen LogP contribution in [0.1, 0.15) is 66.7 Å². The van der Waals surface area contributed by atoms with Crippen molar-refractivity contribution in [2.45, 2.75) is 84.4 Å². The van der Waals surface area contributed by atoms with Crippen molar-refractivity contribution in [3.8, 4) is 0 Å². The highest BCUT2D eigenvalue weighted by atomic mass is 16.6. The van der Waals surface area contributed by atoms with E-state index in [9.17, 15) is 4.79 Å². The molecule has 0 bridgehead atoms. The second-order valence-corrected chi connectivity index (χ2v) is 8.60. The number of carbonyl (C=O) groups excluding carboxylic acids is 1. The Labute approximate surface area is 129 Å². The lowest BCUT2D eigenvalue weighted by Gasteiger charge is -2.25. The van der Waals surface area contributed by atoms with E-state index in [1.165, 1.54) is 32.1 Å². The van der Waals surface area contributed by atoms with E-state index in [1.807, 2.05) is 20.8 Å². The standard InChI is InChI=1S/C17H32N2O2/c1-16(2,3)21-15(20)19-14(12-6-7-12)11-18-13-8-9-17(4,5)10-13/h12-14,18H,6-11H2,1-5H3,(H,19,20). The van der Waals surface area contributed by atoms with Gasteiger partial charge in [0.25, 0.3) is 0 Å². The Morgan fingerprint density at radius 3 is 2.43 bits per heavy atom. The number of alkyl carbamates (subject to hydrolysis) is 1. The van der Waals surface area contributed by atoms with Crippen molar-refractivity contribution in [2.24, 2.45) is 11.3 Å².